The molecule has 174 valence electrons. The smallest absolute Gasteiger partial charge is 0.334 e. The Bertz CT molecular complexity index is 1040. The number of carbonyl (C=O) groups is 1. The average molecular weight is 511 g/mol. The molecule has 0 bridgehead atoms. The number of hydrogen-bond acceptors (Lipinski definition) is 4. The fourth-order valence-corrected chi connectivity index (χ4v) is 4.14. The van der Waals surface area contributed by atoms with Crippen LogP contribution < -0.4 is 5.56 Å². The monoisotopic (exact) mass is 510 g/mol. The third kappa shape index (κ3) is 5.84. The van der Waals surface area contributed by atoms with Gasteiger partial charge in [0.05, 0.1) is 0 Å². The normalized spacial score (nSPS) is 16.0. The Labute approximate surface area is 195 Å². The van der Waals surface area contributed by atoms with Crippen LogP contribution in [-0.2, 0) is 22.4 Å². The number of esters is 1. The zero-order chi connectivity index (χ0) is 23.6. The number of ether oxygens (including phenoxy) is 1. The minimum absolute atomic E-state index is 0.0537. The van der Waals surface area contributed by atoms with Crippen molar-refractivity contribution in [2.24, 2.45) is 0 Å². The molecule has 0 aliphatic carbocycles. The van der Waals surface area contributed by atoms with Gasteiger partial charge in [0.1, 0.15) is 17.6 Å². The molecule has 3 rings (SSSR count). The maximum atomic E-state index is 14.9. The quantitative estimate of drug-likeness (QED) is 0.516. The van der Waals surface area contributed by atoms with Crippen molar-refractivity contribution < 1.29 is 18.3 Å². The molecule has 0 radical (unpaired) electrons. The summed E-state index contributed by atoms with van der Waals surface area (Å²) in [6, 6.07) is 4.82. The van der Waals surface area contributed by atoms with E-state index in [1.54, 1.807) is 27.0 Å². The summed E-state index contributed by atoms with van der Waals surface area (Å²) in [6.07, 6.45) is 1.86. The molecular weight excluding hydrogens is 482 g/mol. The predicted octanol–water partition coefficient (Wildman–Crippen LogP) is 4.44. The molecule has 1 unspecified atom stereocenters. The molecule has 1 aromatic carbocycles. The van der Waals surface area contributed by atoms with Crippen molar-refractivity contribution in [1.82, 2.24) is 9.47 Å². The topological polar surface area (TPSA) is 51.5 Å². The lowest BCUT2D eigenvalue weighted by Gasteiger charge is -2.34. The van der Waals surface area contributed by atoms with Crippen molar-refractivity contribution in [2.75, 3.05) is 19.6 Å². The van der Waals surface area contributed by atoms with Crippen molar-refractivity contribution in [3.05, 3.63) is 67.8 Å². The van der Waals surface area contributed by atoms with E-state index in [0.717, 1.165) is 5.56 Å². The zero-order valence-electron chi connectivity index (χ0n) is 18.8. The Morgan fingerprint density at radius 2 is 1.97 bits per heavy atom. The SMILES string of the molecule is CCc1cc(CCN2CC(F)C2)cn(C(C(=O)OC(C)(C)C)c2cc(Br)ccc2F)c1=O. The molecule has 32 heavy (non-hydrogen) atoms. The standard InChI is InChI=1S/C24H29BrF2N2O3/c1-5-16-10-15(8-9-28-13-18(26)14-28)12-29(22(16)30)21(23(31)32-24(2,3)4)19-11-17(25)6-7-20(19)27/h6-7,10-12,18,21H,5,8-9,13-14H2,1-4H3. The summed E-state index contributed by atoms with van der Waals surface area (Å²) in [5.74, 6) is -1.31. The molecule has 2 heterocycles. The summed E-state index contributed by atoms with van der Waals surface area (Å²) in [5, 5.41) is 0. The number of nitrogens with zero attached hydrogens (tertiary/aromatic N) is 2. The van der Waals surface area contributed by atoms with E-state index in [1.165, 1.54) is 22.8 Å². The van der Waals surface area contributed by atoms with E-state index in [2.05, 4.69) is 15.9 Å². The number of rotatable bonds is 7. The Morgan fingerprint density at radius 3 is 2.56 bits per heavy atom. The lowest BCUT2D eigenvalue weighted by molar-refractivity contribution is -0.157. The van der Waals surface area contributed by atoms with Gasteiger partial charge in [0.2, 0.25) is 0 Å². The fraction of sp³-hybridized carbons (Fsp3) is 0.500. The summed E-state index contributed by atoms with van der Waals surface area (Å²) < 4.78 is 35.5. The van der Waals surface area contributed by atoms with Crippen molar-refractivity contribution in [1.29, 1.82) is 0 Å². The number of halogens is 3. The molecule has 1 saturated heterocycles. The highest BCUT2D eigenvalue weighted by Gasteiger charge is 2.32. The number of carbonyl (C=O) groups excluding carboxylic acids is 1. The Morgan fingerprint density at radius 1 is 1.28 bits per heavy atom. The summed E-state index contributed by atoms with van der Waals surface area (Å²) in [4.78, 5) is 28.5. The van der Waals surface area contributed by atoms with E-state index in [9.17, 15) is 18.4 Å². The van der Waals surface area contributed by atoms with E-state index in [-0.39, 0.29) is 11.1 Å². The molecule has 1 atom stereocenters. The van der Waals surface area contributed by atoms with Crippen LogP contribution in [0, 0.1) is 5.82 Å². The first-order valence-electron chi connectivity index (χ1n) is 10.8. The van der Waals surface area contributed by atoms with Crippen LogP contribution in [-0.4, -0.2) is 46.8 Å². The van der Waals surface area contributed by atoms with Gasteiger partial charge in [-0.1, -0.05) is 22.9 Å². The molecule has 0 saturated carbocycles. The Balaban J connectivity index is 2.07. The molecule has 0 spiro atoms. The highest BCUT2D eigenvalue weighted by molar-refractivity contribution is 9.10. The predicted molar refractivity (Wildman–Crippen MR) is 123 cm³/mol. The number of pyridine rings is 1. The van der Waals surface area contributed by atoms with Crippen molar-refractivity contribution >= 4 is 21.9 Å². The highest BCUT2D eigenvalue weighted by Crippen LogP contribution is 2.28. The van der Waals surface area contributed by atoms with Crippen LogP contribution in [0.5, 0.6) is 0 Å². The van der Waals surface area contributed by atoms with Gasteiger partial charge < -0.3 is 4.74 Å². The van der Waals surface area contributed by atoms with Crippen molar-refractivity contribution in [3.63, 3.8) is 0 Å². The van der Waals surface area contributed by atoms with Crippen LogP contribution in [0.25, 0.3) is 0 Å². The van der Waals surface area contributed by atoms with Gasteiger partial charge in [-0.2, -0.15) is 0 Å². The van der Waals surface area contributed by atoms with Gasteiger partial charge in [0.15, 0.2) is 6.04 Å². The molecule has 5 nitrogen and oxygen atoms in total. The average Bonchev–Trinajstić information content (AvgIpc) is 2.67. The molecule has 1 fully saturated rings. The minimum atomic E-state index is -1.27. The largest absolute Gasteiger partial charge is 0.458 e. The van der Waals surface area contributed by atoms with Crippen LogP contribution in [0.3, 0.4) is 0 Å². The fourth-order valence-electron chi connectivity index (χ4n) is 3.76. The maximum absolute atomic E-state index is 14.9. The minimum Gasteiger partial charge on any atom is -0.458 e. The van der Waals surface area contributed by atoms with Crippen LogP contribution >= 0.6 is 15.9 Å². The van der Waals surface area contributed by atoms with Gasteiger partial charge in [-0.15, -0.1) is 0 Å². The van der Waals surface area contributed by atoms with Crippen LogP contribution in [0.2, 0.25) is 0 Å². The zero-order valence-corrected chi connectivity index (χ0v) is 20.4. The molecule has 1 aromatic heterocycles. The third-order valence-electron chi connectivity index (χ3n) is 5.34. The van der Waals surface area contributed by atoms with Crippen LogP contribution in [0.1, 0.15) is 50.4 Å². The molecule has 0 amide bonds. The number of aryl methyl sites for hydroxylation is 1. The Hall–Kier alpha value is -2.06. The molecule has 2 aromatic rings. The van der Waals surface area contributed by atoms with Crippen molar-refractivity contribution in [2.45, 2.75) is 58.4 Å². The van der Waals surface area contributed by atoms with E-state index in [0.29, 0.717) is 42.5 Å². The second kappa shape index (κ2) is 9.83. The number of likely N-dealkylation sites (tertiary alicyclic amines) is 1. The molecule has 0 N–H and O–H groups in total. The van der Waals surface area contributed by atoms with Crippen LogP contribution in [0.15, 0.2) is 39.7 Å². The number of hydrogen-bond donors (Lipinski definition) is 0. The number of benzene rings is 1. The first kappa shape index (κ1) is 24.6. The summed E-state index contributed by atoms with van der Waals surface area (Å²) in [7, 11) is 0. The summed E-state index contributed by atoms with van der Waals surface area (Å²) in [5.41, 5.74) is 0.232. The molecular formula is C24H29BrF2N2O3. The first-order valence-corrected chi connectivity index (χ1v) is 11.6. The van der Waals surface area contributed by atoms with Gasteiger partial charge >= 0.3 is 5.97 Å². The third-order valence-corrected chi connectivity index (χ3v) is 5.84. The van der Waals surface area contributed by atoms with Crippen molar-refractivity contribution in [3.8, 4) is 0 Å². The van der Waals surface area contributed by atoms with E-state index in [4.69, 9.17) is 4.74 Å². The van der Waals surface area contributed by atoms with Gasteiger partial charge in [-0.05, 0) is 63.4 Å². The van der Waals surface area contributed by atoms with Crippen LogP contribution in [0.4, 0.5) is 8.78 Å². The molecule has 1 aliphatic heterocycles. The van der Waals surface area contributed by atoms with Gasteiger partial charge in [0.25, 0.3) is 5.56 Å². The lowest BCUT2D eigenvalue weighted by atomic mass is 10.0. The highest BCUT2D eigenvalue weighted by atomic mass is 79.9. The number of alkyl halides is 1. The second-order valence-corrected chi connectivity index (χ2v) is 10.1. The summed E-state index contributed by atoms with van der Waals surface area (Å²) >= 11 is 3.33. The van der Waals surface area contributed by atoms with E-state index < -0.39 is 29.6 Å². The van der Waals surface area contributed by atoms with E-state index in [1.807, 2.05) is 17.9 Å². The molecule has 1 aliphatic rings. The summed E-state index contributed by atoms with van der Waals surface area (Å²) in [6.45, 7) is 8.48. The van der Waals surface area contributed by atoms with E-state index >= 15 is 0 Å². The lowest BCUT2D eigenvalue weighted by Crippen LogP contribution is -2.49. The van der Waals surface area contributed by atoms with Gasteiger partial charge in [-0.3, -0.25) is 14.3 Å². The first-order chi connectivity index (χ1) is 15.0. The van der Waals surface area contributed by atoms with Gasteiger partial charge in [0, 0.05) is 41.4 Å². The Kier molecular flexibility index (Phi) is 7.55. The molecule has 8 heteroatoms. The maximum Gasteiger partial charge on any atom is 0.334 e. The second-order valence-electron chi connectivity index (χ2n) is 9.15. The van der Waals surface area contributed by atoms with Gasteiger partial charge in [-0.25, -0.2) is 13.6 Å². The number of aromatic nitrogens is 1.